The van der Waals surface area contributed by atoms with Crippen molar-refractivity contribution in [2.45, 2.75) is 45.8 Å². The number of carbonyl (C=O) groups excluding carboxylic acids is 3. The van der Waals surface area contributed by atoms with Gasteiger partial charge in [-0.2, -0.15) is 0 Å². The normalized spacial score (nSPS) is 20.2. The summed E-state index contributed by atoms with van der Waals surface area (Å²) in [5.74, 6) is 0.320. The quantitative estimate of drug-likeness (QED) is 0.757. The molecule has 1 atom stereocenters. The van der Waals surface area contributed by atoms with E-state index in [-0.39, 0.29) is 24.5 Å². The predicted molar refractivity (Wildman–Crippen MR) is 114 cm³/mol. The van der Waals surface area contributed by atoms with Crippen LogP contribution < -0.4 is 15.5 Å². The van der Waals surface area contributed by atoms with Crippen LogP contribution in [0.1, 0.15) is 44.4 Å². The van der Waals surface area contributed by atoms with Gasteiger partial charge in [-0.05, 0) is 44.9 Å². The van der Waals surface area contributed by atoms with Crippen LogP contribution in [0.3, 0.4) is 0 Å². The van der Waals surface area contributed by atoms with Crippen LogP contribution in [0.5, 0.6) is 0 Å². The van der Waals surface area contributed by atoms with Gasteiger partial charge in [0.05, 0.1) is 12.2 Å². The Balaban J connectivity index is 1.67. The van der Waals surface area contributed by atoms with Crippen LogP contribution in [0, 0.1) is 6.92 Å². The molecule has 0 aromatic carbocycles. The summed E-state index contributed by atoms with van der Waals surface area (Å²) in [6.07, 6.45) is 3.39. The zero-order chi connectivity index (χ0) is 22.3. The summed E-state index contributed by atoms with van der Waals surface area (Å²) in [5.41, 5.74) is 2.03. The standard InChI is InChI=1S/C21H28N6O4/c1-13-14(15-11-22-7-10-25(15)20(30)31-21(2,3)4)5-8-26-17(12-23-18(13)26)27-9-6-16(28)24-19(27)29/h5,8,12,15,22H,6-7,9-11H2,1-4H3,(H,24,28,29). The number of imide groups is 1. The molecule has 166 valence electrons. The van der Waals surface area contributed by atoms with Gasteiger partial charge in [0.1, 0.15) is 17.1 Å². The molecule has 2 aliphatic heterocycles. The van der Waals surface area contributed by atoms with Crippen LogP contribution in [-0.2, 0) is 9.53 Å². The highest BCUT2D eigenvalue weighted by atomic mass is 16.6. The highest BCUT2D eigenvalue weighted by molar-refractivity contribution is 6.05. The molecule has 1 unspecified atom stereocenters. The fraction of sp³-hybridized carbons (Fsp3) is 0.524. The summed E-state index contributed by atoms with van der Waals surface area (Å²) in [7, 11) is 0. The van der Waals surface area contributed by atoms with E-state index in [2.05, 4.69) is 15.6 Å². The number of nitrogens with one attached hydrogen (secondary N) is 2. The maximum Gasteiger partial charge on any atom is 0.410 e. The minimum Gasteiger partial charge on any atom is -0.444 e. The Morgan fingerprint density at radius 3 is 2.74 bits per heavy atom. The number of pyridine rings is 1. The molecule has 2 aromatic rings. The number of aryl methyl sites for hydroxylation is 1. The van der Waals surface area contributed by atoms with Crippen molar-refractivity contribution >= 4 is 29.5 Å². The lowest BCUT2D eigenvalue weighted by molar-refractivity contribution is -0.120. The van der Waals surface area contributed by atoms with Crippen LogP contribution in [0.25, 0.3) is 5.65 Å². The molecule has 2 N–H and O–H groups in total. The van der Waals surface area contributed by atoms with E-state index >= 15 is 0 Å². The maximum absolute atomic E-state index is 12.8. The smallest absolute Gasteiger partial charge is 0.410 e. The van der Waals surface area contributed by atoms with Crippen LogP contribution in [0.15, 0.2) is 18.5 Å². The lowest BCUT2D eigenvalue weighted by Crippen LogP contribution is -2.50. The second-order valence-electron chi connectivity index (χ2n) is 8.85. The molecule has 4 heterocycles. The number of carbonyl (C=O) groups is 3. The van der Waals surface area contributed by atoms with Crippen molar-refractivity contribution in [2.75, 3.05) is 31.1 Å². The van der Waals surface area contributed by atoms with Crippen molar-refractivity contribution in [3.8, 4) is 0 Å². The average molecular weight is 428 g/mol. The Kier molecular flexibility index (Phi) is 5.34. The highest BCUT2D eigenvalue weighted by Crippen LogP contribution is 2.30. The second-order valence-corrected chi connectivity index (χ2v) is 8.85. The fourth-order valence-corrected chi connectivity index (χ4v) is 4.05. The number of anilines is 1. The molecule has 10 heteroatoms. The third kappa shape index (κ3) is 4.07. The van der Waals surface area contributed by atoms with Crippen molar-refractivity contribution in [1.82, 2.24) is 24.9 Å². The predicted octanol–water partition coefficient (Wildman–Crippen LogP) is 1.97. The molecular formula is C21H28N6O4. The molecule has 0 aliphatic carbocycles. The molecule has 2 aromatic heterocycles. The van der Waals surface area contributed by atoms with Gasteiger partial charge in [0.2, 0.25) is 5.91 Å². The van der Waals surface area contributed by atoms with E-state index in [1.165, 1.54) is 4.90 Å². The number of nitrogens with zero attached hydrogens (tertiary/aromatic N) is 4. The van der Waals surface area contributed by atoms with E-state index in [1.54, 1.807) is 11.1 Å². The summed E-state index contributed by atoms with van der Waals surface area (Å²) >= 11 is 0. The van der Waals surface area contributed by atoms with Gasteiger partial charge < -0.3 is 10.1 Å². The van der Waals surface area contributed by atoms with Crippen LogP contribution >= 0.6 is 0 Å². The maximum atomic E-state index is 12.8. The van der Waals surface area contributed by atoms with Crippen molar-refractivity contribution < 1.29 is 19.1 Å². The third-order valence-corrected chi connectivity index (χ3v) is 5.51. The average Bonchev–Trinajstić information content (AvgIpc) is 3.12. The Bertz CT molecular complexity index is 1040. The van der Waals surface area contributed by atoms with Gasteiger partial charge >= 0.3 is 12.1 Å². The molecular weight excluding hydrogens is 400 g/mol. The molecule has 10 nitrogen and oxygen atoms in total. The number of ether oxygens (including phenoxy) is 1. The van der Waals surface area contributed by atoms with Gasteiger partial charge in [-0.3, -0.25) is 24.3 Å². The molecule has 2 fully saturated rings. The number of piperazine rings is 1. The molecule has 0 saturated carbocycles. The summed E-state index contributed by atoms with van der Waals surface area (Å²) in [6, 6.07) is 1.31. The molecule has 0 spiro atoms. The zero-order valence-corrected chi connectivity index (χ0v) is 18.3. The van der Waals surface area contributed by atoms with Crippen molar-refractivity contribution in [3.63, 3.8) is 0 Å². The molecule has 0 radical (unpaired) electrons. The number of hydrogen-bond donors (Lipinski definition) is 2. The summed E-state index contributed by atoms with van der Waals surface area (Å²) in [6.45, 7) is 9.70. The van der Waals surface area contributed by atoms with Crippen molar-refractivity contribution in [1.29, 1.82) is 0 Å². The summed E-state index contributed by atoms with van der Waals surface area (Å²) < 4.78 is 7.46. The number of rotatable bonds is 2. The van der Waals surface area contributed by atoms with Gasteiger partial charge in [-0.15, -0.1) is 0 Å². The molecule has 0 bridgehead atoms. The number of aromatic nitrogens is 2. The van der Waals surface area contributed by atoms with Crippen LogP contribution in [0.4, 0.5) is 15.4 Å². The topological polar surface area (TPSA) is 108 Å². The zero-order valence-electron chi connectivity index (χ0n) is 18.3. The first-order chi connectivity index (χ1) is 14.7. The largest absolute Gasteiger partial charge is 0.444 e. The monoisotopic (exact) mass is 428 g/mol. The molecule has 2 aliphatic rings. The van der Waals surface area contributed by atoms with Crippen molar-refractivity contribution in [3.05, 3.63) is 29.6 Å². The van der Waals surface area contributed by atoms with Gasteiger partial charge in [0.15, 0.2) is 0 Å². The molecule has 4 amide bonds. The molecule has 2 saturated heterocycles. The van der Waals surface area contributed by atoms with Gasteiger partial charge in [0.25, 0.3) is 0 Å². The minimum absolute atomic E-state index is 0.190. The summed E-state index contributed by atoms with van der Waals surface area (Å²) in [5, 5.41) is 5.69. The number of imidazole rings is 1. The molecule has 31 heavy (non-hydrogen) atoms. The Hall–Kier alpha value is -3.14. The van der Waals surface area contributed by atoms with E-state index < -0.39 is 11.6 Å². The molecule has 4 rings (SSSR count). The van der Waals surface area contributed by atoms with Crippen LogP contribution in [0.2, 0.25) is 0 Å². The van der Waals surface area contributed by atoms with E-state index in [0.29, 0.717) is 37.6 Å². The van der Waals surface area contributed by atoms with E-state index in [0.717, 1.165) is 11.1 Å². The minimum atomic E-state index is -0.570. The van der Waals surface area contributed by atoms with E-state index in [4.69, 9.17) is 4.74 Å². The Morgan fingerprint density at radius 2 is 2.03 bits per heavy atom. The number of fused-ring (bicyclic) bond motifs is 1. The van der Waals surface area contributed by atoms with Crippen molar-refractivity contribution in [2.24, 2.45) is 0 Å². The second kappa shape index (κ2) is 7.84. The first-order valence-electron chi connectivity index (χ1n) is 10.4. The van der Waals surface area contributed by atoms with E-state index in [9.17, 15) is 14.4 Å². The third-order valence-electron chi connectivity index (χ3n) is 5.51. The first-order valence-corrected chi connectivity index (χ1v) is 10.4. The Labute approximate surface area is 180 Å². The highest BCUT2D eigenvalue weighted by Gasteiger charge is 2.33. The number of urea groups is 1. The number of amides is 4. The van der Waals surface area contributed by atoms with Gasteiger partial charge in [-0.1, -0.05) is 0 Å². The number of hydrogen-bond acceptors (Lipinski definition) is 6. The van der Waals surface area contributed by atoms with Gasteiger partial charge in [-0.25, -0.2) is 14.6 Å². The van der Waals surface area contributed by atoms with Crippen LogP contribution in [-0.4, -0.2) is 64.1 Å². The van der Waals surface area contributed by atoms with E-state index in [1.807, 2.05) is 44.4 Å². The fourth-order valence-electron chi connectivity index (χ4n) is 4.05. The summed E-state index contributed by atoms with van der Waals surface area (Å²) in [4.78, 5) is 44.4. The van der Waals surface area contributed by atoms with Gasteiger partial charge in [0, 0.05) is 38.8 Å². The SMILES string of the molecule is Cc1c(C2CNCCN2C(=O)OC(C)(C)C)ccn2c(N3CCC(=O)NC3=O)cnc12. The lowest BCUT2D eigenvalue weighted by atomic mass is 10.00. The lowest BCUT2D eigenvalue weighted by Gasteiger charge is -2.38. The Morgan fingerprint density at radius 1 is 1.26 bits per heavy atom. The first kappa shape index (κ1) is 21.1.